The van der Waals surface area contributed by atoms with Gasteiger partial charge in [-0.2, -0.15) is 0 Å². The Labute approximate surface area is 109 Å². The summed E-state index contributed by atoms with van der Waals surface area (Å²) >= 11 is 2.14. The lowest BCUT2D eigenvalue weighted by Crippen LogP contribution is -2.12. The SMILES string of the molecule is CS(=O)(=O)Nc1cccc(I)c1OC1CC1. The summed E-state index contributed by atoms with van der Waals surface area (Å²) < 4.78 is 31.5. The highest BCUT2D eigenvalue weighted by molar-refractivity contribution is 14.1. The fraction of sp³-hybridized carbons (Fsp3) is 0.400. The fourth-order valence-electron chi connectivity index (χ4n) is 1.26. The fourth-order valence-corrected chi connectivity index (χ4v) is 2.45. The van der Waals surface area contributed by atoms with Gasteiger partial charge in [0.1, 0.15) is 0 Å². The van der Waals surface area contributed by atoms with Crippen molar-refractivity contribution in [3.63, 3.8) is 0 Å². The number of benzene rings is 1. The Bertz CT molecular complexity index is 497. The number of hydrogen-bond donors (Lipinski definition) is 1. The lowest BCUT2D eigenvalue weighted by molar-refractivity contribution is 0.302. The Hall–Kier alpha value is -0.500. The molecule has 0 atom stereocenters. The largest absolute Gasteiger partial charge is 0.487 e. The molecule has 1 saturated carbocycles. The molecule has 0 aliphatic heterocycles. The van der Waals surface area contributed by atoms with E-state index in [1.807, 2.05) is 6.07 Å². The summed E-state index contributed by atoms with van der Waals surface area (Å²) in [5.41, 5.74) is 0.515. The smallest absolute Gasteiger partial charge is 0.229 e. The average Bonchev–Trinajstić information content (AvgIpc) is 2.92. The van der Waals surface area contributed by atoms with Crippen molar-refractivity contribution in [2.45, 2.75) is 18.9 Å². The van der Waals surface area contributed by atoms with Crippen LogP contribution in [-0.2, 0) is 10.0 Å². The van der Waals surface area contributed by atoms with E-state index in [0.717, 1.165) is 22.7 Å². The van der Waals surface area contributed by atoms with Crippen molar-refractivity contribution < 1.29 is 13.2 Å². The van der Waals surface area contributed by atoms with E-state index in [2.05, 4.69) is 27.3 Å². The quantitative estimate of drug-likeness (QED) is 0.845. The number of ether oxygens (including phenoxy) is 1. The van der Waals surface area contributed by atoms with Crippen LogP contribution in [-0.4, -0.2) is 20.8 Å². The Kier molecular flexibility index (Phi) is 3.29. The maximum atomic E-state index is 11.2. The number of nitrogens with one attached hydrogen (secondary N) is 1. The summed E-state index contributed by atoms with van der Waals surface area (Å²) in [5, 5.41) is 0. The zero-order valence-electron chi connectivity index (χ0n) is 8.73. The van der Waals surface area contributed by atoms with E-state index < -0.39 is 10.0 Å². The molecule has 4 nitrogen and oxygen atoms in total. The molecule has 1 aliphatic carbocycles. The first-order chi connectivity index (χ1) is 7.46. The van der Waals surface area contributed by atoms with Gasteiger partial charge >= 0.3 is 0 Å². The number of para-hydroxylation sites is 1. The lowest BCUT2D eigenvalue weighted by atomic mass is 10.3. The van der Waals surface area contributed by atoms with Gasteiger partial charge in [0.25, 0.3) is 0 Å². The van der Waals surface area contributed by atoms with Gasteiger partial charge in [0, 0.05) is 0 Å². The molecular weight excluding hydrogens is 341 g/mol. The van der Waals surface area contributed by atoms with Crippen molar-refractivity contribution >= 4 is 38.3 Å². The molecule has 1 fully saturated rings. The van der Waals surface area contributed by atoms with Crippen LogP contribution >= 0.6 is 22.6 Å². The third-order valence-electron chi connectivity index (χ3n) is 2.07. The molecule has 0 spiro atoms. The molecule has 16 heavy (non-hydrogen) atoms. The Morgan fingerprint density at radius 1 is 1.44 bits per heavy atom. The van der Waals surface area contributed by atoms with Gasteiger partial charge in [0.2, 0.25) is 10.0 Å². The molecule has 1 aliphatic rings. The third-order valence-corrected chi connectivity index (χ3v) is 3.51. The highest BCUT2D eigenvalue weighted by Gasteiger charge is 2.26. The molecule has 0 heterocycles. The molecule has 1 aromatic carbocycles. The van der Waals surface area contributed by atoms with Crippen LogP contribution in [0.15, 0.2) is 18.2 Å². The van der Waals surface area contributed by atoms with Crippen molar-refractivity contribution in [3.05, 3.63) is 21.8 Å². The van der Waals surface area contributed by atoms with Crippen molar-refractivity contribution in [3.8, 4) is 5.75 Å². The van der Waals surface area contributed by atoms with E-state index in [9.17, 15) is 8.42 Å². The molecule has 6 heteroatoms. The van der Waals surface area contributed by atoms with E-state index in [0.29, 0.717) is 11.4 Å². The summed E-state index contributed by atoms with van der Waals surface area (Å²) in [6.45, 7) is 0. The van der Waals surface area contributed by atoms with Crippen LogP contribution in [0.4, 0.5) is 5.69 Å². The molecule has 88 valence electrons. The van der Waals surface area contributed by atoms with Crippen LogP contribution in [0.5, 0.6) is 5.75 Å². The van der Waals surface area contributed by atoms with Crippen LogP contribution < -0.4 is 9.46 Å². The molecule has 0 amide bonds. The first-order valence-corrected chi connectivity index (χ1v) is 7.86. The first kappa shape index (κ1) is 12.0. The standard InChI is InChI=1S/C10H12INO3S/c1-16(13,14)12-9-4-2-3-8(11)10(9)15-7-5-6-7/h2-4,7,12H,5-6H2,1H3. The lowest BCUT2D eigenvalue weighted by Gasteiger charge is -2.13. The maximum Gasteiger partial charge on any atom is 0.229 e. The summed E-state index contributed by atoms with van der Waals surface area (Å²) in [6.07, 6.45) is 3.47. The second-order valence-electron chi connectivity index (χ2n) is 3.81. The molecule has 0 aromatic heterocycles. The molecule has 0 saturated heterocycles. The minimum atomic E-state index is -3.27. The second kappa shape index (κ2) is 4.40. The molecular formula is C10H12INO3S. The Morgan fingerprint density at radius 3 is 2.69 bits per heavy atom. The Balaban J connectivity index is 2.31. The van der Waals surface area contributed by atoms with Gasteiger partial charge in [-0.1, -0.05) is 6.07 Å². The van der Waals surface area contributed by atoms with Gasteiger partial charge in [-0.3, -0.25) is 4.72 Å². The zero-order chi connectivity index (χ0) is 11.8. The van der Waals surface area contributed by atoms with Gasteiger partial charge in [-0.25, -0.2) is 8.42 Å². The van der Waals surface area contributed by atoms with Crippen molar-refractivity contribution in [2.24, 2.45) is 0 Å². The van der Waals surface area contributed by atoms with Crippen LogP contribution in [0.3, 0.4) is 0 Å². The molecule has 0 radical (unpaired) electrons. The molecule has 2 rings (SSSR count). The topological polar surface area (TPSA) is 55.4 Å². The van der Waals surface area contributed by atoms with E-state index in [-0.39, 0.29) is 6.10 Å². The van der Waals surface area contributed by atoms with Gasteiger partial charge in [-0.15, -0.1) is 0 Å². The molecule has 1 N–H and O–H groups in total. The maximum absolute atomic E-state index is 11.2. The summed E-state index contributed by atoms with van der Waals surface area (Å²) in [6, 6.07) is 5.40. The zero-order valence-corrected chi connectivity index (χ0v) is 11.7. The average molecular weight is 353 g/mol. The van der Waals surface area contributed by atoms with E-state index in [1.165, 1.54) is 0 Å². The molecule has 0 bridgehead atoms. The summed E-state index contributed by atoms with van der Waals surface area (Å²) in [4.78, 5) is 0. The molecule has 0 unspecified atom stereocenters. The van der Waals surface area contributed by atoms with Crippen molar-refractivity contribution in [1.82, 2.24) is 0 Å². The van der Waals surface area contributed by atoms with Gasteiger partial charge in [0.15, 0.2) is 5.75 Å². The highest BCUT2D eigenvalue weighted by Crippen LogP contribution is 2.36. The number of halogens is 1. The highest BCUT2D eigenvalue weighted by atomic mass is 127. The monoisotopic (exact) mass is 353 g/mol. The van der Waals surface area contributed by atoms with E-state index in [4.69, 9.17) is 4.74 Å². The van der Waals surface area contributed by atoms with Crippen LogP contribution in [0, 0.1) is 3.57 Å². The first-order valence-electron chi connectivity index (χ1n) is 4.89. The summed E-state index contributed by atoms with van der Waals surface area (Å²) in [5.74, 6) is 0.635. The Morgan fingerprint density at radius 2 is 2.12 bits per heavy atom. The predicted octanol–water partition coefficient (Wildman–Crippen LogP) is 2.20. The minimum absolute atomic E-state index is 0.246. The van der Waals surface area contributed by atoms with Crippen LogP contribution in [0.2, 0.25) is 0 Å². The summed E-state index contributed by atoms with van der Waals surface area (Å²) in [7, 11) is -3.27. The van der Waals surface area contributed by atoms with Gasteiger partial charge in [-0.05, 0) is 47.6 Å². The normalized spacial score (nSPS) is 15.9. The number of anilines is 1. The second-order valence-corrected chi connectivity index (χ2v) is 6.72. The number of rotatable bonds is 4. The number of hydrogen-bond acceptors (Lipinski definition) is 3. The van der Waals surface area contributed by atoms with E-state index in [1.54, 1.807) is 12.1 Å². The van der Waals surface area contributed by atoms with Gasteiger partial charge in [0.05, 0.1) is 21.6 Å². The predicted molar refractivity (Wildman–Crippen MR) is 71.3 cm³/mol. The number of sulfonamides is 1. The minimum Gasteiger partial charge on any atom is -0.487 e. The third kappa shape index (κ3) is 3.24. The van der Waals surface area contributed by atoms with Crippen LogP contribution in [0.25, 0.3) is 0 Å². The van der Waals surface area contributed by atoms with Crippen molar-refractivity contribution in [1.29, 1.82) is 0 Å². The van der Waals surface area contributed by atoms with E-state index >= 15 is 0 Å². The van der Waals surface area contributed by atoms with Crippen LogP contribution in [0.1, 0.15) is 12.8 Å². The van der Waals surface area contributed by atoms with Gasteiger partial charge < -0.3 is 4.74 Å². The molecule has 1 aromatic rings. The van der Waals surface area contributed by atoms with Crippen molar-refractivity contribution in [2.75, 3.05) is 11.0 Å².